The molecule has 0 saturated carbocycles. The first kappa shape index (κ1) is 12.5. The van der Waals surface area contributed by atoms with E-state index >= 15 is 0 Å². The maximum Gasteiger partial charge on any atom is 0.323 e. The van der Waals surface area contributed by atoms with Crippen molar-refractivity contribution >= 4 is 11.9 Å². The summed E-state index contributed by atoms with van der Waals surface area (Å²) in [5, 5.41) is 10.4. The first-order valence-corrected chi connectivity index (χ1v) is 5.96. The summed E-state index contributed by atoms with van der Waals surface area (Å²) in [6.45, 7) is 4.35. The van der Waals surface area contributed by atoms with Crippen LogP contribution in [0.1, 0.15) is 30.5 Å². The van der Waals surface area contributed by atoms with Gasteiger partial charge in [-0.25, -0.2) is 9.18 Å². The third-order valence-corrected chi connectivity index (χ3v) is 3.08. The summed E-state index contributed by atoms with van der Waals surface area (Å²) in [7, 11) is 0. The molecule has 4 nitrogen and oxygen atoms in total. The van der Waals surface area contributed by atoms with Crippen molar-refractivity contribution in [2.75, 3.05) is 6.54 Å². The molecule has 1 unspecified atom stereocenters. The molecule has 5 heteroatoms. The Kier molecular flexibility index (Phi) is 3.32. The molecule has 1 atom stereocenters. The molecule has 2 rings (SSSR count). The second kappa shape index (κ2) is 4.76. The Morgan fingerprint density at radius 1 is 1.50 bits per heavy atom. The SMILES string of the molecule is CCCN1C(=O)NC(=N)C1c1ccc(F)cc1C. The quantitative estimate of drug-likeness (QED) is 0.850. The molecule has 2 amide bonds. The number of amides is 2. The summed E-state index contributed by atoms with van der Waals surface area (Å²) in [6, 6.07) is 3.76. The highest BCUT2D eigenvalue weighted by Gasteiger charge is 2.36. The number of halogens is 1. The lowest BCUT2D eigenvalue weighted by Gasteiger charge is -2.23. The molecule has 0 spiro atoms. The molecule has 18 heavy (non-hydrogen) atoms. The molecular weight excluding hydrogens is 233 g/mol. The number of aryl methyl sites for hydroxylation is 1. The number of nitrogens with one attached hydrogen (secondary N) is 2. The maximum absolute atomic E-state index is 13.1. The van der Waals surface area contributed by atoms with E-state index in [-0.39, 0.29) is 17.7 Å². The highest BCUT2D eigenvalue weighted by molar-refractivity contribution is 6.06. The van der Waals surface area contributed by atoms with Gasteiger partial charge < -0.3 is 4.90 Å². The molecule has 0 aromatic heterocycles. The van der Waals surface area contributed by atoms with E-state index in [1.807, 2.05) is 6.92 Å². The summed E-state index contributed by atoms with van der Waals surface area (Å²) in [6.07, 6.45) is 0.817. The van der Waals surface area contributed by atoms with Crippen LogP contribution in [-0.2, 0) is 0 Å². The zero-order valence-corrected chi connectivity index (χ0v) is 10.5. The second-order valence-electron chi connectivity index (χ2n) is 4.44. The van der Waals surface area contributed by atoms with Gasteiger partial charge in [0.2, 0.25) is 0 Å². The van der Waals surface area contributed by atoms with Gasteiger partial charge in [0.15, 0.2) is 0 Å². The van der Waals surface area contributed by atoms with Crippen molar-refractivity contribution in [3.05, 3.63) is 35.1 Å². The van der Waals surface area contributed by atoms with Crippen LogP contribution in [-0.4, -0.2) is 23.3 Å². The fourth-order valence-electron chi connectivity index (χ4n) is 2.27. The number of nitrogens with zero attached hydrogens (tertiary/aromatic N) is 1. The van der Waals surface area contributed by atoms with E-state index in [1.54, 1.807) is 17.9 Å². The fraction of sp³-hybridized carbons (Fsp3) is 0.385. The van der Waals surface area contributed by atoms with Gasteiger partial charge in [0.1, 0.15) is 17.7 Å². The Morgan fingerprint density at radius 3 is 2.83 bits per heavy atom. The zero-order valence-electron chi connectivity index (χ0n) is 10.5. The van der Waals surface area contributed by atoms with E-state index in [0.29, 0.717) is 6.54 Å². The molecular formula is C13H16FN3O. The fourth-order valence-corrected chi connectivity index (χ4v) is 2.27. The number of carbonyl (C=O) groups is 1. The molecule has 1 fully saturated rings. The van der Waals surface area contributed by atoms with Gasteiger partial charge in [-0.05, 0) is 36.6 Å². The van der Waals surface area contributed by atoms with E-state index in [1.165, 1.54) is 12.1 Å². The molecule has 0 aliphatic carbocycles. The predicted molar refractivity (Wildman–Crippen MR) is 67.1 cm³/mol. The number of urea groups is 1. The highest BCUT2D eigenvalue weighted by atomic mass is 19.1. The van der Waals surface area contributed by atoms with Crippen molar-refractivity contribution in [2.24, 2.45) is 0 Å². The number of carbonyl (C=O) groups excluding carboxylic acids is 1. The van der Waals surface area contributed by atoms with Gasteiger partial charge in [0.05, 0.1) is 0 Å². The van der Waals surface area contributed by atoms with E-state index in [9.17, 15) is 9.18 Å². The number of amidine groups is 1. The first-order chi connectivity index (χ1) is 8.54. The van der Waals surface area contributed by atoms with Crippen LogP contribution < -0.4 is 5.32 Å². The monoisotopic (exact) mass is 249 g/mol. The number of hydrogen-bond acceptors (Lipinski definition) is 2. The minimum atomic E-state index is -0.418. The third kappa shape index (κ3) is 2.08. The topological polar surface area (TPSA) is 56.2 Å². The van der Waals surface area contributed by atoms with Crippen molar-refractivity contribution in [1.82, 2.24) is 10.2 Å². The molecule has 1 saturated heterocycles. The van der Waals surface area contributed by atoms with Gasteiger partial charge >= 0.3 is 6.03 Å². The smallest absolute Gasteiger partial charge is 0.310 e. The van der Waals surface area contributed by atoms with Gasteiger partial charge in [-0.3, -0.25) is 10.7 Å². The Balaban J connectivity index is 2.40. The Labute approximate surface area is 105 Å². The van der Waals surface area contributed by atoms with E-state index in [2.05, 4.69) is 5.32 Å². The highest BCUT2D eigenvalue weighted by Crippen LogP contribution is 2.28. The zero-order chi connectivity index (χ0) is 13.3. The summed E-state index contributed by atoms with van der Waals surface area (Å²) < 4.78 is 13.1. The summed E-state index contributed by atoms with van der Waals surface area (Å²) in [5.41, 5.74) is 1.55. The van der Waals surface area contributed by atoms with Gasteiger partial charge in [-0.15, -0.1) is 0 Å². The molecule has 1 aromatic carbocycles. The van der Waals surface area contributed by atoms with Crippen LogP contribution in [0.3, 0.4) is 0 Å². The lowest BCUT2D eigenvalue weighted by atomic mass is 10.00. The largest absolute Gasteiger partial charge is 0.323 e. The first-order valence-electron chi connectivity index (χ1n) is 5.96. The molecule has 1 aliphatic heterocycles. The molecule has 2 N–H and O–H groups in total. The molecule has 1 aliphatic rings. The Morgan fingerprint density at radius 2 is 2.22 bits per heavy atom. The lowest BCUT2D eigenvalue weighted by molar-refractivity contribution is 0.205. The standard InChI is InChI=1S/C13H16FN3O/c1-3-6-17-11(12(15)16-13(17)18)10-5-4-9(14)7-8(10)2/h4-5,7,11H,3,6H2,1-2H3,(H2,15,16,18). The van der Waals surface area contributed by atoms with Crippen LogP contribution >= 0.6 is 0 Å². The normalized spacial score (nSPS) is 19.3. The summed E-state index contributed by atoms with van der Waals surface area (Å²) in [4.78, 5) is 13.4. The van der Waals surface area contributed by atoms with E-state index < -0.39 is 6.04 Å². The van der Waals surface area contributed by atoms with Crippen molar-refractivity contribution in [1.29, 1.82) is 5.41 Å². The van der Waals surface area contributed by atoms with Crippen LogP contribution in [0.4, 0.5) is 9.18 Å². The van der Waals surface area contributed by atoms with Crippen LogP contribution in [0.5, 0.6) is 0 Å². The van der Waals surface area contributed by atoms with Crippen molar-refractivity contribution < 1.29 is 9.18 Å². The van der Waals surface area contributed by atoms with E-state index in [0.717, 1.165) is 17.5 Å². The summed E-state index contributed by atoms with van der Waals surface area (Å²) >= 11 is 0. The number of rotatable bonds is 3. The summed E-state index contributed by atoms with van der Waals surface area (Å²) in [5.74, 6) is -0.148. The predicted octanol–water partition coefficient (Wildman–Crippen LogP) is 2.59. The minimum absolute atomic E-state index is 0.156. The molecule has 1 heterocycles. The van der Waals surface area contributed by atoms with Gasteiger partial charge in [0.25, 0.3) is 0 Å². The average molecular weight is 249 g/mol. The molecule has 0 bridgehead atoms. The van der Waals surface area contributed by atoms with Crippen molar-refractivity contribution in [3.8, 4) is 0 Å². The van der Waals surface area contributed by atoms with Crippen molar-refractivity contribution in [3.63, 3.8) is 0 Å². The van der Waals surface area contributed by atoms with Crippen LogP contribution in [0.15, 0.2) is 18.2 Å². The molecule has 96 valence electrons. The van der Waals surface area contributed by atoms with Gasteiger partial charge in [-0.1, -0.05) is 13.0 Å². The van der Waals surface area contributed by atoms with E-state index in [4.69, 9.17) is 5.41 Å². The Bertz CT molecular complexity index is 501. The second-order valence-corrected chi connectivity index (χ2v) is 4.44. The number of hydrogen-bond donors (Lipinski definition) is 2. The van der Waals surface area contributed by atoms with Crippen molar-refractivity contribution in [2.45, 2.75) is 26.3 Å². The van der Waals surface area contributed by atoms with Gasteiger partial charge in [-0.2, -0.15) is 0 Å². The van der Waals surface area contributed by atoms with Crippen LogP contribution in [0.2, 0.25) is 0 Å². The minimum Gasteiger partial charge on any atom is -0.310 e. The number of benzene rings is 1. The molecule has 1 aromatic rings. The van der Waals surface area contributed by atoms with Crippen LogP contribution in [0, 0.1) is 18.2 Å². The average Bonchev–Trinajstić information content (AvgIpc) is 2.56. The molecule has 0 radical (unpaired) electrons. The third-order valence-electron chi connectivity index (χ3n) is 3.08. The lowest BCUT2D eigenvalue weighted by Crippen LogP contribution is -2.30. The maximum atomic E-state index is 13.1. The Hall–Kier alpha value is -1.91. The van der Waals surface area contributed by atoms with Crippen LogP contribution in [0.25, 0.3) is 0 Å². The van der Waals surface area contributed by atoms with Gasteiger partial charge in [0, 0.05) is 6.54 Å².